The molecule has 5 nitrogen and oxygen atoms in total. The van der Waals surface area contributed by atoms with Crippen LogP contribution >= 0.6 is 11.6 Å². The van der Waals surface area contributed by atoms with E-state index in [-0.39, 0.29) is 5.91 Å². The number of halogens is 1. The number of nitrogens with zero attached hydrogens (tertiary/aromatic N) is 1. The zero-order chi connectivity index (χ0) is 19.8. The molecule has 1 heterocycles. The summed E-state index contributed by atoms with van der Waals surface area (Å²) in [6, 6.07) is 18.8. The lowest BCUT2D eigenvalue weighted by Crippen LogP contribution is -2.26. The molecule has 0 saturated heterocycles. The van der Waals surface area contributed by atoms with Crippen LogP contribution in [0.2, 0.25) is 5.02 Å². The molecule has 0 saturated carbocycles. The van der Waals surface area contributed by atoms with Crippen LogP contribution in [0, 0.1) is 0 Å². The van der Waals surface area contributed by atoms with Crippen molar-refractivity contribution in [2.45, 2.75) is 13.0 Å². The number of hydrogen-bond acceptors (Lipinski definition) is 4. The maximum absolute atomic E-state index is 12.5. The molecule has 0 aliphatic carbocycles. The van der Waals surface area contributed by atoms with Crippen molar-refractivity contribution in [3.05, 3.63) is 88.6 Å². The second kappa shape index (κ2) is 9.76. The van der Waals surface area contributed by atoms with Gasteiger partial charge in [0, 0.05) is 29.9 Å². The highest BCUT2D eigenvalue weighted by Gasteiger charge is 2.08. The van der Waals surface area contributed by atoms with Gasteiger partial charge in [0.15, 0.2) is 0 Å². The van der Waals surface area contributed by atoms with Crippen molar-refractivity contribution in [2.75, 3.05) is 19.0 Å². The average molecular weight is 396 g/mol. The Kier molecular flexibility index (Phi) is 6.87. The number of carbonyl (C=O) groups is 1. The number of pyridine rings is 1. The van der Waals surface area contributed by atoms with Crippen LogP contribution in [-0.2, 0) is 13.0 Å². The van der Waals surface area contributed by atoms with Gasteiger partial charge in [0.1, 0.15) is 11.6 Å². The van der Waals surface area contributed by atoms with Crippen LogP contribution in [0.1, 0.15) is 21.5 Å². The highest BCUT2D eigenvalue weighted by molar-refractivity contribution is 6.31. The normalized spacial score (nSPS) is 10.4. The van der Waals surface area contributed by atoms with E-state index in [2.05, 4.69) is 15.6 Å². The number of hydrogen-bond donors (Lipinski definition) is 2. The van der Waals surface area contributed by atoms with Gasteiger partial charge in [-0.05, 0) is 41.8 Å². The van der Waals surface area contributed by atoms with Crippen LogP contribution in [0.5, 0.6) is 5.75 Å². The zero-order valence-electron chi connectivity index (χ0n) is 15.6. The van der Waals surface area contributed by atoms with Crippen molar-refractivity contribution in [2.24, 2.45) is 0 Å². The highest BCUT2D eigenvalue weighted by Crippen LogP contribution is 2.18. The third kappa shape index (κ3) is 5.24. The minimum absolute atomic E-state index is 0.141. The summed E-state index contributed by atoms with van der Waals surface area (Å²) in [4.78, 5) is 16.7. The third-order valence-electron chi connectivity index (χ3n) is 4.31. The van der Waals surface area contributed by atoms with E-state index in [4.69, 9.17) is 16.3 Å². The van der Waals surface area contributed by atoms with Crippen LogP contribution in [0.3, 0.4) is 0 Å². The summed E-state index contributed by atoms with van der Waals surface area (Å²) >= 11 is 6.17. The van der Waals surface area contributed by atoms with Crippen molar-refractivity contribution in [1.82, 2.24) is 10.3 Å². The van der Waals surface area contributed by atoms with Gasteiger partial charge in [0.25, 0.3) is 5.91 Å². The Hall–Kier alpha value is -3.05. The number of amides is 1. The average Bonchev–Trinajstić information content (AvgIpc) is 2.73. The number of nitrogens with one attached hydrogen (secondary N) is 2. The van der Waals surface area contributed by atoms with Gasteiger partial charge in [-0.3, -0.25) is 4.79 Å². The molecule has 2 aromatic carbocycles. The third-order valence-corrected chi connectivity index (χ3v) is 4.68. The standard InChI is InChI=1S/C22H22ClN3O2/c1-28-20-9-5-3-6-16(20)10-13-25-22(27)17-11-12-24-21(14-17)26-15-18-7-2-4-8-19(18)23/h2-9,11-12,14H,10,13,15H2,1H3,(H,24,26)(H,25,27). The van der Waals surface area contributed by atoms with Crippen LogP contribution in [0.25, 0.3) is 0 Å². The quantitative estimate of drug-likeness (QED) is 0.596. The SMILES string of the molecule is COc1ccccc1CCNC(=O)c1ccnc(NCc2ccccc2Cl)c1. The Bertz CT molecular complexity index is 946. The second-order valence-electron chi connectivity index (χ2n) is 6.19. The molecule has 0 unspecified atom stereocenters. The number of anilines is 1. The smallest absolute Gasteiger partial charge is 0.251 e. The van der Waals surface area contributed by atoms with Crippen LogP contribution in [0.15, 0.2) is 66.9 Å². The maximum Gasteiger partial charge on any atom is 0.251 e. The number of methoxy groups -OCH3 is 1. The number of para-hydroxylation sites is 1. The van der Waals surface area contributed by atoms with Crippen molar-refractivity contribution in [3.8, 4) is 5.75 Å². The predicted octanol–water partition coefficient (Wildman–Crippen LogP) is 4.33. The zero-order valence-corrected chi connectivity index (χ0v) is 16.4. The van der Waals surface area contributed by atoms with E-state index in [0.29, 0.717) is 35.9 Å². The fourth-order valence-electron chi connectivity index (χ4n) is 2.82. The minimum Gasteiger partial charge on any atom is -0.496 e. The van der Waals surface area contributed by atoms with E-state index in [1.807, 2.05) is 48.5 Å². The lowest BCUT2D eigenvalue weighted by atomic mass is 10.1. The predicted molar refractivity (Wildman–Crippen MR) is 112 cm³/mol. The number of ether oxygens (including phenoxy) is 1. The molecule has 0 bridgehead atoms. The summed E-state index contributed by atoms with van der Waals surface area (Å²) in [5, 5.41) is 6.83. The van der Waals surface area contributed by atoms with Crippen LogP contribution < -0.4 is 15.4 Å². The van der Waals surface area contributed by atoms with Crippen LogP contribution in [0.4, 0.5) is 5.82 Å². The first kappa shape index (κ1) is 19.7. The monoisotopic (exact) mass is 395 g/mol. The maximum atomic E-state index is 12.5. The minimum atomic E-state index is -0.141. The van der Waals surface area contributed by atoms with E-state index >= 15 is 0 Å². The van der Waals surface area contributed by atoms with E-state index < -0.39 is 0 Å². The van der Waals surface area contributed by atoms with E-state index in [1.165, 1.54) is 0 Å². The van der Waals surface area contributed by atoms with Gasteiger partial charge < -0.3 is 15.4 Å². The van der Waals surface area contributed by atoms with E-state index in [1.54, 1.807) is 25.4 Å². The number of carbonyl (C=O) groups excluding carboxylic acids is 1. The first-order valence-corrected chi connectivity index (χ1v) is 9.38. The molecular formula is C22H22ClN3O2. The summed E-state index contributed by atoms with van der Waals surface area (Å²) < 4.78 is 5.34. The Balaban J connectivity index is 1.55. The van der Waals surface area contributed by atoms with Gasteiger partial charge in [-0.2, -0.15) is 0 Å². The number of aromatic nitrogens is 1. The molecule has 0 aliphatic heterocycles. The molecular weight excluding hydrogens is 374 g/mol. The Morgan fingerprint density at radius 1 is 1.07 bits per heavy atom. The molecule has 0 atom stereocenters. The fourth-order valence-corrected chi connectivity index (χ4v) is 3.02. The molecule has 3 rings (SSSR count). The molecule has 144 valence electrons. The Morgan fingerprint density at radius 2 is 1.82 bits per heavy atom. The molecule has 3 aromatic rings. The van der Waals surface area contributed by atoms with Crippen molar-refractivity contribution in [3.63, 3.8) is 0 Å². The summed E-state index contributed by atoms with van der Waals surface area (Å²) in [5.41, 5.74) is 2.58. The lowest BCUT2D eigenvalue weighted by Gasteiger charge is -2.10. The Labute approximate surface area is 169 Å². The number of rotatable bonds is 8. The molecule has 1 amide bonds. The highest BCUT2D eigenvalue weighted by atomic mass is 35.5. The van der Waals surface area contributed by atoms with Crippen molar-refractivity contribution < 1.29 is 9.53 Å². The largest absolute Gasteiger partial charge is 0.496 e. The summed E-state index contributed by atoms with van der Waals surface area (Å²) in [6.07, 6.45) is 2.31. The summed E-state index contributed by atoms with van der Waals surface area (Å²) in [7, 11) is 1.64. The topological polar surface area (TPSA) is 63.2 Å². The molecule has 28 heavy (non-hydrogen) atoms. The molecule has 1 aromatic heterocycles. The van der Waals surface area contributed by atoms with E-state index in [0.717, 1.165) is 16.9 Å². The van der Waals surface area contributed by atoms with Gasteiger partial charge in [-0.1, -0.05) is 48.0 Å². The van der Waals surface area contributed by atoms with Crippen molar-refractivity contribution in [1.29, 1.82) is 0 Å². The van der Waals surface area contributed by atoms with Gasteiger partial charge in [0.2, 0.25) is 0 Å². The first-order valence-electron chi connectivity index (χ1n) is 9.01. The van der Waals surface area contributed by atoms with Crippen LogP contribution in [-0.4, -0.2) is 24.5 Å². The lowest BCUT2D eigenvalue weighted by molar-refractivity contribution is 0.0954. The van der Waals surface area contributed by atoms with E-state index in [9.17, 15) is 4.79 Å². The summed E-state index contributed by atoms with van der Waals surface area (Å²) in [6.45, 7) is 1.05. The molecule has 0 aliphatic rings. The van der Waals surface area contributed by atoms with Crippen molar-refractivity contribution >= 4 is 23.3 Å². The van der Waals surface area contributed by atoms with Gasteiger partial charge >= 0.3 is 0 Å². The molecule has 2 N–H and O–H groups in total. The molecule has 0 radical (unpaired) electrons. The molecule has 0 spiro atoms. The molecule has 0 fully saturated rings. The number of benzene rings is 2. The van der Waals surface area contributed by atoms with Gasteiger partial charge in [0.05, 0.1) is 7.11 Å². The Morgan fingerprint density at radius 3 is 2.61 bits per heavy atom. The molecule has 6 heteroatoms. The fraction of sp³-hybridized carbons (Fsp3) is 0.182. The summed E-state index contributed by atoms with van der Waals surface area (Å²) in [5.74, 6) is 1.31. The second-order valence-corrected chi connectivity index (χ2v) is 6.60. The first-order chi connectivity index (χ1) is 13.7. The van der Waals surface area contributed by atoms with Gasteiger partial charge in [-0.25, -0.2) is 4.98 Å². The van der Waals surface area contributed by atoms with Gasteiger partial charge in [-0.15, -0.1) is 0 Å².